The Labute approximate surface area is 105 Å². The van der Waals surface area contributed by atoms with Gasteiger partial charge in [-0.3, -0.25) is 0 Å². The van der Waals surface area contributed by atoms with Crippen molar-refractivity contribution in [3.63, 3.8) is 0 Å². The number of benzene rings is 1. The maximum Gasteiger partial charge on any atom is 0.120 e. The molecule has 0 saturated heterocycles. The third kappa shape index (κ3) is 4.78. The van der Waals surface area contributed by atoms with E-state index in [1.54, 1.807) is 7.11 Å². The van der Waals surface area contributed by atoms with Gasteiger partial charge in [-0.25, -0.2) is 0 Å². The van der Waals surface area contributed by atoms with Crippen LogP contribution in [-0.2, 0) is 4.74 Å². The second-order valence-corrected chi connectivity index (χ2v) is 5.82. The van der Waals surface area contributed by atoms with Gasteiger partial charge >= 0.3 is 0 Å². The van der Waals surface area contributed by atoms with E-state index in [9.17, 15) is 0 Å². The summed E-state index contributed by atoms with van der Waals surface area (Å²) in [7, 11) is 1.74. The van der Waals surface area contributed by atoms with Crippen LogP contribution < -0.4 is 4.74 Å². The van der Waals surface area contributed by atoms with Gasteiger partial charge < -0.3 is 9.47 Å². The van der Waals surface area contributed by atoms with E-state index < -0.39 is 0 Å². The van der Waals surface area contributed by atoms with Crippen LogP contribution in [0.1, 0.15) is 39.7 Å². The van der Waals surface area contributed by atoms with Gasteiger partial charge in [0.1, 0.15) is 11.4 Å². The number of hydrogen-bond acceptors (Lipinski definition) is 2. The molecule has 1 aromatic rings. The summed E-state index contributed by atoms with van der Waals surface area (Å²) in [5.74, 6) is 0.918. The van der Waals surface area contributed by atoms with Crippen LogP contribution in [0.25, 0.3) is 0 Å². The summed E-state index contributed by atoms with van der Waals surface area (Å²) in [4.78, 5) is 0. The van der Waals surface area contributed by atoms with E-state index in [0.29, 0.717) is 0 Å². The normalized spacial score (nSPS) is 12.6. The van der Waals surface area contributed by atoms with Crippen molar-refractivity contribution in [2.24, 2.45) is 0 Å². The first kappa shape index (κ1) is 14.0. The number of hydrogen-bond donors (Lipinski definition) is 0. The van der Waals surface area contributed by atoms with Crippen molar-refractivity contribution in [2.45, 2.75) is 52.2 Å². The van der Waals surface area contributed by atoms with Crippen LogP contribution in [0, 0.1) is 6.92 Å². The molecule has 0 saturated carbocycles. The predicted molar refractivity (Wildman–Crippen MR) is 71.6 cm³/mol. The second kappa shape index (κ2) is 5.09. The molecule has 17 heavy (non-hydrogen) atoms. The van der Waals surface area contributed by atoms with E-state index in [-0.39, 0.29) is 11.2 Å². The zero-order valence-corrected chi connectivity index (χ0v) is 11.8. The van der Waals surface area contributed by atoms with Gasteiger partial charge in [0.25, 0.3) is 0 Å². The van der Waals surface area contributed by atoms with Gasteiger partial charge in [-0.1, -0.05) is 12.1 Å². The minimum Gasteiger partial charge on any atom is -0.488 e. The first-order valence-corrected chi connectivity index (χ1v) is 6.05. The van der Waals surface area contributed by atoms with Crippen LogP contribution in [0.5, 0.6) is 5.75 Å². The molecular weight excluding hydrogens is 212 g/mol. The highest BCUT2D eigenvalue weighted by atomic mass is 16.5. The molecule has 0 unspecified atom stereocenters. The van der Waals surface area contributed by atoms with Crippen LogP contribution >= 0.6 is 0 Å². The van der Waals surface area contributed by atoms with Gasteiger partial charge in [-0.2, -0.15) is 0 Å². The third-order valence-electron chi connectivity index (χ3n) is 2.79. The highest BCUT2D eigenvalue weighted by molar-refractivity contribution is 5.28. The Kier molecular flexibility index (Phi) is 4.21. The van der Waals surface area contributed by atoms with Crippen molar-refractivity contribution in [1.82, 2.24) is 0 Å². The van der Waals surface area contributed by atoms with Gasteiger partial charge in [-0.15, -0.1) is 0 Å². The lowest BCUT2D eigenvalue weighted by Crippen LogP contribution is -2.38. The summed E-state index contributed by atoms with van der Waals surface area (Å²) in [6, 6.07) is 8.14. The van der Waals surface area contributed by atoms with Gasteiger partial charge in [0, 0.05) is 13.5 Å². The summed E-state index contributed by atoms with van der Waals surface area (Å²) < 4.78 is 11.5. The van der Waals surface area contributed by atoms with Crippen LogP contribution in [0.3, 0.4) is 0 Å². The van der Waals surface area contributed by atoms with Crippen molar-refractivity contribution >= 4 is 0 Å². The summed E-state index contributed by atoms with van der Waals surface area (Å²) in [5, 5.41) is 0. The van der Waals surface area contributed by atoms with E-state index >= 15 is 0 Å². The summed E-state index contributed by atoms with van der Waals surface area (Å²) >= 11 is 0. The summed E-state index contributed by atoms with van der Waals surface area (Å²) in [6.07, 6.45) is 0.838. The number of ether oxygens (including phenoxy) is 2. The lowest BCUT2D eigenvalue weighted by atomic mass is 9.92. The average Bonchev–Trinajstić information content (AvgIpc) is 2.15. The van der Waals surface area contributed by atoms with Crippen LogP contribution in [0.15, 0.2) is 24.3 Å². The van der Waals surface area contributed by atoms with Crippen LogP contribution in [0.4, 0.5) is 0 Å². The summed E-state index contributed by atoms with van der Waals surface area (Å²) in [5.41, 5.74) is 0.796. The molecule has 0 radical (unpaired) electrons. The minimum absolute atomic E-state index is 0.173. The molecule has 0 heterocycles. The fourth-order valence-electron chi connectivity index (χ4n) is 2.13. The van der Waals surface area contributed by atoms with Crippen molar-refractivity contribution in [1.29, 1.82) is 0 Å². The third-order valence-corrected chi connectivity index (χ3v) is 2.79. The molecule has 0 amide bonds. The van der Waals surface area contributed by atoms with Gasteiger partial charge in [0.15, 0.2) is 0 Å². The Hall–Kier alpha value is -1.02. The second-order valence-electron chi connectivity index (χ2n) is 5.82. The largest absolute Gasteiger partial charge is 0.488 e. The Morgan fingerprint density at radius 3 is 2.24 bits per heavy atom. The van der Waals surface area contributed by atoms with Crippen LogP contribution in [0.2, 0.25) is 0 Å². The maximum absolute atomic E-state index is 6.04. The Morgan fingerprint density at radius 2 is 1.71 bits per heavy atom. The molecule has 2 nitrogen and oxygen atoms in total. The molecule has 0 aliphatic carbocycles. The zero-order chi connectivity index (χ0) is 13.1. The molecular formula is C15H24O2. The minimum atomic E-state index is -0.243. The quantitative estimate of drug-likeness (QED) is 0.770. The Morgan fingerprint density at radius 1 is 1.06 bits per heavy atom. The molecule has 0 aliphatic heterocycles. The van der Waals surface area contributed by atoms with E-state index in [0.717, 1.165) is 12.2 Å². The van der Waals surface area contributed by atoms with Crippen LogP contribution in [-0.4, -0.2) is 18.3 Å². The smallest absolute Gasteiger partial charge is 0.120 e. The highest BCUT2D eigenvalue weighted by Gasteiger charge is 2.30. The highest BCUT2D eigenvalue weighted by Crippen LogP contribution is 2.28. The lowest BCUT2D eigenvalue weighted by Gasteiger charge is -2.34. The molecule has 96 valence electrons. The van der Waals surface area contributed by atoms with E-state index in [2.05, 4.69) is 46.8 Å². The maximum atomic E-state index is 6.04. The molecule has 0 fully saturated rings. The molecule has 1 aromatic carbocycles. The SMILES string of the molecule is COC(C)(C)CC(C)(C)Oc1cccc(C)c1. The van der Waals surface area contributed by atoms with Gasteiger partial charge in [0.2, 0.25) is 0 Å². The molecule has 0 atom stereocenters. The molecule has 0 spiro atoms. The van der Waals surface area contributed by atoms with E-state index in [1.807, 2.05) is 12.1 Å². The average molecular weight is 236 g/mol. The summed E-state index contributed by atoms with van der Waals surface area (Å²) in [6.45, 7) is 10.4. The zero-order valence-electron chi connectivity index (χ0n) is 11.8. The molecule has 1 rings (SSSR count). The van der Waals surface area contributed by atoms with Gasteiger partial charge in [-0.05, 0) is 52.3 Å². The van der Waals surface area contributed by atoms with Crippen molar-refractivity contribution in [3.05, 3.63) is 29.8 Å². The molecule has 0 aliphatic rings. The number of rotatable bonds is 5. The molecule has 0 aromatic heterocycles. The first-order chi connectivity index (χ1) is 7.74. The van der Waals surface area contributed by atoms with Crippen molar-refractivity contribution in [3.8, 4) is 5.75 Å². The topological polar surface area (TPSA) is 18.5 Å². The Bertz CT molecular complexity index is 367. The molecule has 0 N–H and O–H groups in total. The number of methoxy groups -OCH3 is 1. The molecule has 2 heteroatoms. The van der Waals surface area contributed by atoms with Gasteiger partial charge in [0.05, 0.1) is 5.60 Å². The van der Waals surface area contributed by atoms with E-state index in [4.69, 9.17) is 9.47 Å². The number of aryl methyl sites for hydroxylation is 1. The monoisotopic (exact) mass is 236 g/mol. The first-order valence-electron chi connectivity index (χ1n) is 6.05. The Balaban J connectivity index is 2.72. The van der Waals surface area contributed by atoms with Crippen molar-refractivity contribution in [2.75, 3.05) is 7.11 Å². The standard InChI is InChI=1S/C15H24O2/c1-12-8-7-9-13(10-12)17-15(4,5)11-14(2,3)16-6/h7-10H,11H2,1-6H3. The predicted octanol–water partition coefficient (Wildman–Crippen LogP) is 3.97. The lowest BCUT2D eigenvalue weighted by molar-refractivity contribution is -0.0402. The van der Waals surface area contributed by atoms with Crippen molar-refractivity contribution < 1.29 is 9.47 Å². The molecule has 0 bridgehead atoms. The fraction of sp³-hybridized carbons (Fsp3) is 0.600. The van der Waals surface area contributed by atoms with E-state index in [1.165, 1.54) is 5.56 Å². The fourth-order valence-corrected chi connectivity index (χ4v) is 2.13.